The first-order chi connectivity index (χ1) is 12.1. The SMILES string of the molecule is C[C@H](C(=O)N(C)c1ccccc1)N1CCN(c2cccc(Cl)c2)CC1. The second kappa shape index (κ2) is 7.89. The molecule has 1 atom stereocenters. The minimum absolute atomic E-state index is 0.127. The fraction of sp³-hybridized carbons (Fsp3) is 0.350. The smallest absolute Gasteiger partial charge is 0.243 e. The van der Waals surface area contributed by atoms with Crippen molar-refractivity contribution in [2.45, 2.75) is 13.0 Å². The second-order valence-corrected chi connectivity index (χ2v) is 6.85. The van der Waals surface area contributed by atoms with Crippen LogP contribution in [0.15, 0.2) is 54.6 Å². The minimum atomic E-state index is -0.133. The Kier molecular flexibility index (Phi) is 5.61. The Labute approximate surface area is 154 Å². The van der Waals surface area contributed by atoms with Gasteiger partial charge in [-0.1, -0.05) is 35.9 Å². The summed E-state index contributed by atoms with van der Waals surface area (Å²) in [7, 11) is 1.84. The fourth-order valence-electron chi connectivity index (χ4n) is 3.26. The first-order valence-corrected chi connectivity index (χ1v) is 9.01. The van der Waals surface area contributed by atoms with Crippen LogP contribution in [0.4, 0.5) is 11.4 Å². The quantitative estimate of drug-likeness (QED) is 0.837. The number of likely N-dealkylation sites (N-methyl/N-ethyl adjacent to an activating group) is 1. The van der Waals surface area contributed by atoms with Gasteiger partial charge in [0.15, 0.2) is 0 Å². The van der Waals surface area contributed by atoms with Crippen molar-refractivity contribution in [3.8, 4) is 0 Å². The highest BCUT2D eigenvalue weighted by molar-refractivity contribution is 6.30. The Morgan fingerprint density at radius 2 is 1.72 bits per heavy atom. The molecule has 1 saturated heterocycles. The summed E-state index contributed by atoms with van der Waals surface area (Å²) in [6.45, 7) is 5.51. The summed E-state index contributed by atoms with van der Waals surface area (Å²) in [6.07, 6.45) is 0. The van der Waals surface area contributed by atoms with E-state index in [1.54, 1.807) is 4.90 Å². The van der Waals surface area contributed by atoms with E-state index in [-0.39, 0.29) is 11.9 Å². The van der Waals surface area contributed by atoms with Gasteiger partial charge in [0.1, 0.15) is 0 Å². The van der Waals surface area contributed by atoms with Crippen molar-refractivity contribution in [1.29, 1.82) is 0 Å². The Morgan fingerprint density at radius 3 is 2.36 bits per heavy atom. The third-order valence-electron chi connectivity index (χ3n) is 4.87. The van der Waals surface area contributed by atoms with Crippen LogP contribution >= 0.6 is 11.6 Å². The third-order valence-corrected chi connectivity index (χ3v) is 5.10. The number of piperazine rings is 1. The first kappa shape index (κ1) is 17.8. The summed E-state index contributed by atoms with van der Waals surface area (Å²) in [5.74, 6) is 0.127. The van der Waals surface area contributed by atoms with E-state index in [9.17, 15) is 4.79 Å². The Balaban J connectivity index is 1.59. The van der Waals surface area contributed by atoms with Crippen molar-refractivity contribution in [2.24, 2.45) is 0 Å². The lowest BCUT2D eigenvalue weighted by atomic mass is 10.1. The van der Waals surface area contributed by atoms with Crippen molar-refractivity contribution in [2.75, 3.05) is 43.0 Å². The highest BCUT2D eigenvalue weighted by Gasteiger charge is 2.28. The van der Waals surface area contributed by atoms with Gasteiger partial charge in [-0.05, 0) is 37.3 Å². The molecule has 0 aliphatic carbocycles. The molecule has 4 nitrogen and oxygen atoms in total. The summed E-state index contributed by atoms with van der Waals surface area (Å²) in [5, 5.41) is 0.757. The van der Waals surface area contributed by atoms with Crippen LogP contribution in [0.1, 0.15) is 6.92 Å². The van der Waals surface area contributed by atoms with Crippen molar-refractivity contribution >= 4 is 28.9 Å². The van der Waals surface area contributed by atoms with Gasteiger partial charge in [0, 0.05) is 49.6 Å². The van der Waals surface area contributed by atoms with E-state index < -0.39 is 0 Å². The molecule has 25 heavy (non-hydrogen) atoms. The molecule has 0 bridgehead atoms. The summed E-state index contributed by atoms with van der Waals surface area (Å²) in [4.78, 5) is 19.1. The van der Waals surface area contributed by atoms with Gasteiger partial charge in [-0.15, -0.1) is 0 Å². The maximum absolute atomic E-state index is 12.8. The van der Waals surface area contributed by atoms with Crippen molar-refractivity contribution < 1.29 is 4.79 Å². The number of carbonyl (C=O) groups is 1. The largest absolute Gasteiger partial charge is 0.369 e. The number of carbonyl (C=O) groups excluding carboxylic acids is 1. The average molecular weight is 358 g/mol. The van der Waals surface area contributed by atoms with Crippen LogP contribution in [0, 0.1) is 0 Å². The van der Waals surface area contributed by atoms with Crippen LogP contribution in [0.2, 0.25) is 5.02 Å². The van der Waals surface area contributed by atoms with Crippen LogP contribution in [0.25, 0.3) is 0 Å². The number of benzene rings is 2. The summed E-state index contributed by atoms with van der Waals surface area (Å²) >= 11 is 6.09. The lowest BCUT2D eigenvalue weighted by Gasteiger charge is -2.39. The lowest BCUT2D eigenvalue weighted by molar-refractivity contribution is -0.123. The highest BCUT2D eigenvalue weighted by Crippen LogP contribution is 2.22. The lowest BCUT2D eigenvalue weighted by Crippen LogP contribution is -2.54. The van der Waals surface area contributed by atoms with E-state index in [2.05, 4.69) is 15.9 Å². The summed E-state index contributed by atoms with van der Waals surface area (Å²) < 4.78 is 0. The fourth-order valence-corrected chi connectivity index (χ4v) is 3.44. The molecule has 1 fully saturated rings. The Hall–Kier alpha value is -2.04. The van der Waals surface area contributed by atoms with Crippen LogP contribution in [-0.2, 0) is 4.79 Å². The van der Waals surface area contributed by atoms with E-state index >= 15 is 0 Å². The zero-order valence-corrected chi connectivity index (χ0v) is 15.5. The maximum atomic E-state index is 12.8. The van der Waals surface area contributed by atoms with Crippen LogP contribution in [-0.4, -0.2) is 50.1 Å². The Bertz CT molecular complexity index is 714. The topological polar surface area (TPSA) is 26.8 Å². The molecule has 1 amide bonds. The van der Waals surface area contributed by atoms with Gasteiger partial charge in [-0.3, -0.25) is 9.69 Å². The average Bonchev–Trinajstić information content (AvgIpc) is 2.67. The molecule has 2 aromatic rings. The molecule has 0 aromatic heterocycles. The van der Waals surface area contributed by atoms with Crippen molar-refractivity contribution in [3.63, 3.8) is 0 Å². The molecule has 0 radical (unpaired) electrons. The molecule has 0 saturated carbocycles. The minimum Gasteiger partial charge on any atom is -0.369 e. The molecule has 5 heteroatoms. The van der Waals surface area contributed by atoms with E-state index in [1.807, 2.05) is 62.5 Å². The predicted octanol–water partition coefficient (Wildman–Crippen LogP) is 3.51. The zero-order chi connectivity index (χ0) is 17.8. The monoisotopic (exact) mass is 357 g/mol. The molecule has 1 aliphatic rings. The number of halogens is 1. The number of hydrogen-bond acceptors (Lipinski definition) is 3. The number of para-hydroxylation sites is 1. The zero-order valence-electron chi connectivity index (χ0n) is 14.7. The van der Waals surface area contributed by atoms with E-state index in [0.717, 1.165) is 42.6 Å². The van der Waals surface area contributed by atoms with E-state index in [1.165, 1.54) is 0 Å². The second-order valence-electron chi connectivity index (χ2n) is 6.41. The van der Waals surface area contributed by atoms with Crippen LogP contribution in [0.3, 0.4) is 0 Å². The molecule has 1 heterocycles. The van der Waals surface area contributed by atoms with Crippen LogP contribution in [0.5, 0.6) is 0 Å². The normalized spacial score (nSPS) is 16.5. The van der Waals surface area contributed by atoms with Gasteiger partial charge in [-0.25, -0.2) is 0 Å². The standard InChI is InChI=1S/C20H24ClN3O/c1-16(20(25)22(2)18-8-4-3-5-9-18)23-11-13-24(14-12-23)19-10-6-7-17(21)15-19/h3-10,15-16H,11-14H2,1-2H3/t16-/m1/s1. The Morgan fingerprint density at radius 1 is 1.04 bits per heavy atom. The molecular formula is C20H24ClN3O. The molecule has 132 valence electrons. The number of amides is 1. The number of anilines is 2. The predicted molar refractivity (Wildman–Crippen MR) is 105 cm³/mol. The molecule has 2 aromatic carbocycles. The van der Waals surface area contributed by atoms with E-state index in [0.29, 0.717) is 0 Å². The molecule has 0 N–H and O–H groups in total. The molecule has 0 spiro atoms. The number of rotatable bonds is 4. The molecule has 0 unspecified atom stereocenters. The van der Waals surface area contributed by atoms with Crippen LogP contribution < -0.4 is 9.80 Å². The van der Waals surface area contributed by atoms with E-state index in [4.69, 9.17) is 11.6 Å². The number of nitrogens with zero attached hydrogens (tertiary/aromatic N) is 3. The van der Waals surface area contributed by atoms with Gasteiger partial charge >= 0.3 is 0 Å². The molecule has 3 rings (SSSR count). The van der Waals surface area contributed by atoms with Crippen molar-refractivity contribution in [3.05, 3.63) is 59.6 Å². The van der Waals surface area contributed by atoms with Gasteiger partial charge in [0.25, 0.3) is 0 Å². The van der Waals surface area contributed by atoms with Gasteiger partial charge < -0.3 is 9.80 Å². The van der Waals surface area contributed by atoms with Crippen molar-refractivity contribution in [1.82, 2.24) is 4.90 Å². The maximum Gasteiger partial charge on any atom is 0.243 e. The number of hydrogen-bond donors (Lipinski definition) is 0. The van der Waals surface area contributed by atoms with Gasteiger partial charge in [0.05, 0.1) is 6.04 Å². The molecular weight excluding hydrogens is 334 g/mol. The third kappa shape index (κ3) is 4.14. The molecule has 1 aliphatic heterocycles. The van der Waals surface area contributed by atoms with Gasteiger partial charge in [0.2, 0.25) is 5.91 Å². The first-order valence-electron chi connectivity index (χ1n) is 8.63. The summed E-state index contributed by atoms with van der Waals surface area (Å²) in [5.41, 5.74) is 2.07. The summed E-state index contributed by atoms with van der Waals surface area (Å²) in [6, 6.07) is 17.6. The van der Waals surface area contributed by atoms with Gasteiger partial charge in [-0.2, -0.15) is 0 Å². The highest BCUT2D eigenvalue weighted by atomic mass is 35.5.